The average Bonchev–Trinajstić information content (AvgIpc) is 3.26. The minimum Gasteiger partial charge on any atom is -0.335 e. The lowest BCUT2D eigenvalue weighted by atomic mass is 10.0. The average molecular weight is 426 g/mol. The van der Waals surface area contributed by atoms with E-state index in [1.807, 2.05) is 0 Å². The molecule has 1 aliphatic heterocycles. The molecule has 2 N–H and O–H groups in total. The second-order valence-corrected chi connectivity index (χ2v) is 8.72. The Kier molecular flexibility index (Phi) is 6.49. The zero-order valence-electron chi connectivity index (χ0n) is 16.1. The molecular weight excluding hydrogens is 402 g/mol. The number of hydrogen-bond acceptors (Lipinski definition) is 3. The highest BCUT2D eigenvalue weighted by Crippen LogP contribution is 2.26. The Morgan fingerprint density at radius 3 is 2.59 bits per heavy atom. The number of carbonyl (C=O) groups is 1. The predicted octanol–water partition coefficient (Wildman–Crippen LogP) is 5.85. The van der Waals surface area contributed by atoms with Gasteiger partial charge in [0.05, 0.1) is 0 Å². The van der Waals surface area contributed by atoms with Crippen LogP contribution < -0.4 is 10.6 Å². The van der Waals surface area contributed by atoms with Crippen molar-refractivity contribution in [2.24, 2.45) is 0 Å². The molecule has 0 bridgehead atoms. The first-order chi connectivity index (χ1) is 14.2. The molecule has 0 spiro atoms. The van der Waals surface area contributed by atoms with Crippen LogP contribution in [0.15, 0.2) is 66.0 Å². The van der Waals surface area contributed by atoms with E-state index in [1.54, 1.807) is 35.6 Å². The molecule has 150 valence electrons. The van der Waals surface area contributed by atoms with Gasteiger partial charge in [-0.3, -0.25) is 4.90 Å². The van der Waals surface area contributed by atoms with Crippen molar-refractivity contribution in [1.82, 2.24) is 10.2 Å². The van der Waals surface area contributed by atoms with Crippen molar-refractivity contribution in [3.63, 3.8) is 0 Å². The second kappa shape index (κ2) is 9.44. The van der Waals surface area contributed by atoms with E-state index in [1.165, 1.54) is 16.0 Å². The number of hydrogen-bond donors (Lipinski definition) is 2. The zero-order valence-corrected chi connectivity index (χ0v) is 17.7. The fourth-order valence-electron chi connectivity index (χ4n) is 3.65. The van der Waals surface area contributed by atoms with Crippen LogP contribution in [0.25, 0.3) is 10.4 Å². The molecular formula is C23H24ClN3OS. The molecule has 3 aromatic rings. The summed E-state index contributed by atoms with van der Waals surface area (Å²) in [6, 6.07) is 20.2. The normalized spacial score (nSPS) is 15.2. The molecule has 0 aliphatic carbocycles. The third kappa shape index (κ3) is 5.60. The molecule has 4 rings (SSSR count). The minimum absolute atomic E-state index is 0.158. The van der Waals surface area contributed by atoms with Gasteiger partial charge in [0.25, 0.3) is 0 Å². The summed E-state index contributed by atoms with van der Waals surface area (Å²) in [6.07, 6.45) is 1.91. The topological polar surface area (TPSA) is 44.4 Å². The van der Waals surface area contributed by atoms with Crippen molar-refractivity contribution in [2.45, 2.75) is 25.4 Å². The number of nitrogens with one attached hydrogen (secondary N) is 2. The van der Waals surface area contributed by atoms with Crippen LogP contribution in [0.3, 0.4) is 0 Å². The van der Waals surface area contributed by atoms with Crippen LogP contribution in [0.5, 0.6) is 0 Å². The van der Waals surface area contributed by atoms with Gasteiger partial charge in [-0.15, -0.1) is 11.3 Å². The van der Waals surface area contributed by atoms with Crippen molar-refractivity contribution in [2.75, 3.05) is 18.4 Å². The summed E-state index contributed by atoms with van der Waals surface area (Å²) in [4.78, 5) is 16.0. The van der Waals surface area contributed by atoms with E-state index in [0.29, 0.717) is 5.02 Å². The lowest BCUT2D eigenvalue weighted by molar-refractivity contribution is 0.190. The monoisotopic (exact) mass is 425 g/mol. The maximum Gasteiger partial charge on any atom is 0.319 e. The van der Waals surface area contributed by atoms with Gasteiger partial charge in [0.2, 0.25) is 0 Å². The molecule has 0 saturated carbocycles. The number of nitrogens with zero attached hydrogens (tertiary/aromatic N) is 1. The van der Waals surface area contributed by atoms with Crippen LogP contribution >= 0.6 is 22.9 Å². The number of carbonyl (C=O) groups excluding carboxylic acids is 1. The SMILES string of the molecule is O=C(Nc1ccc(Cl)cc1)NC1CCN(Cc2cccc(-c3cccs3)c2)CC1. The molecule has 0 radical (unpaired) electrons. The van der Waals surface area contributed by atoms with Crippen LogP contribution in [0, 0.1) is 0 Å². The maximum atomic E-state index is 12.2. The number of urea groups is 1. The van der Waals surface area contributed by atoms with E-state index in [9.17, 15) is 4.79 Å². The van der Waals surface area contributed by atoms with Gasteiger partial charge >= 0.3 is 6.03 Å². The third-order valence-electron chi connectivity index (χ3n) is 5.16. The Balaban J connectivity index is 1.25. The summed E-state index contributed by atoms with van der Waals surface area (Å²) in [7, 11) is 0. The Bertz CT molecular complexity index is 935. The third-order valence-corrected chi connectivity index (χ3v) is 6.33. The first kappa shape index (κ1) is 20.0. The number of piperidine rings is 1. The first-order valence-corrected chi connectivity index (χ1v) is 11.1. The van der Waals surface area contributed by atoms with Gasteiger partial charge in [-0.2, -0.15) is 0 Å². The molecule has 0 unspecified atom stereocenters. The number of likely N-dealkylation sites (tertiary alicyclic amines) is 1. The van der Waals surface area contributed by atoms with Gasteiger partial charge in [0, 0.05) is 41.3 Å². The van der Waals surface area contributed by atoms with Crippen LogP contribution in [-0.4, -0.2) is 30.1 Å². The zero-order chi connectivity index (χ0) is 20.1. The highest BCUT2D eigenvalue weighted by molar-refractivity contribution is 7.13. The molecule has 2 heterocycles. The Morgan fingerprint density at radius 1 is 1.07 bits per heavy atom. The van der Waals surface area contributed by atoms with E-state index in [2.05, 4.69) is 57.3 Å². The minimum atomic E-state index is -0.158. The van der Waals surface area contributed by atoms with E-state index in [0.717, 1.165) is 38.2 Å². The fourth-order valence-corrected chi connectivity index (χ4v) is 4.50. The molecule has 2 amide bonds. The van der Waals surface area contributed by atoms with Gasteiger partial charge in [-0.25, -0.2) is 4.79 Å². The van der Waals surface area contributed by atoms with E-state index >= 15 is 0 Å². The molecule has 4 nitrogen and oxygen atoms in total. The van der Waals surface area contributed by atoms with Gasteiger partial charge in [-0.05, 0) is 65.7 Å². The Morgan fingerprint density at radius 2 is 1.86 bits per heavy atom. The number of benzene rings is 2. The summed E-state index contributed by atoms with van der Waals surface area (Å²) in [6.45, 7) is 2.91. The maximum absolute atomic E-state index is 12.2. The predicted molar refractivity (Wildman–Crippen MR) is 122 cm³/mol. The number of rotatable bonds is 5. The highest BCUT2D eigenvalue weighted by atomic mass is 35.5. The van der Waals surface area contributed by atoms with E-state index < -0.39 is 0 Å². The second-order valence-electron chi connectivity index (χ2n) is 7.33. The van der Waals surface area contributed by atoms with Gasteiger partial charge in [0.1, 0.15) is 0 Å². The Hall–Kier alpha value is -2.34. The van der Waals surface area contributed by atoms with Crippen molar-refractivity contribution in [3.05, 3.63) is 76.6 Å². The van der Waals surface area contributed by atoms with Gasteiger partial charge in [-0.1, -0.05) is 35.9 Å². The largest absolute Gasteiger partial charge is 0.335 e. The van der Waals surface area contributed by atoms with Gasteiger partial charge in [0.15, 0.2) is 0 Å². The Labute approximate surface area is 180 Å². The lowest BCUT2D eigenvalue weighted by Gasteiger charge is -2.32. The first-order valence-electron chi connectivity index (χ1n) is 9.84. The molecule has 6 heteroatoms. The van der Waals surface area contributed by atoms with Crippen LogP contribution in [0.2, 0.25) is 5.02 Å². The summed E-state index contributed by atoms with van der Waals surface area (Å²) >= 11 is 7.65. The smallest absolute Gasteiger partial charge is 0.319 e. The fraction of sp³-hybridized carbons (Fsp3) is 0.261. The van der Waals surface area contributed by atoms with E-state index in [4.69, 9.17) is 11.6 Å². The summed E-state index contributed by atoms with van der Waals surface area (Å²) in [5.74, 6) is 0. The van der Waals surface area contributed by atoms with Crippen LogP contribution in [0.1, 0.15) is 18.4 Å². The van der Waals surface area contributed by atoms with Crippen molar-refractivity contribution in [1.29, 1.82) is 0 Å². The molecule has 29 heavy (non-hydrogen) atoms. The van der Waals surface area contributed by atoms with Crippen molar-refractivity contribution < 1.29 is 4.79 Å². The number of halogens is 1. The summed E-state index contributed by atoms with van der Waals surface area (Å²) in [5, 5.41) is 8.72. The number of anilines is 1. The summed E-state index contributed by atoms with van der Waals surface area (Å²) < 4.78 is 0. The van der Waals surface area contributed by atoms with Crippen LogP contribution in [0.4, 0.5) is 10.5 Å². The van der Waals surface area contributed by atoms with Crippen molar-refractivity contribution >= 4 is 34.7 Å². The highest BCUT2D eigenvalue weighted by Gasteiger charge is 2.21. The molecule has 1 saturated heterocycles. The van der Waals surface area contributed by atoms with Crippen LogP contribution in [-0.2, 0) is 6.54 Å². The van der Waals surface area contributed by atoms with Crippen molar-refractivity contribution in [3.8, 4) is 10.4 Å². The lowest BCUT2D eigenvalue weighted by Crippen LogP contribution is -2.45. The summed E-state index contributed by atoms with van der Waals surface area (Å²) in [5.41, 5.74) is 3.37. The molecule has 1 aromatic heterocycles. The number of amides is 2. The molecule has 0 atom stereocenters. The quantitative estimate of drug-likeness (QED) is 0.538. The standard InChI is InChI=1S/C23H24ClN3OS/c24-19-6-8-20(9-7-19)25-23(28)26-21-10-12-27(13-11-21)16-17-3-1-4-18(15-17)22-5-2-14-29-22/h1-9,14-15,21H,10-13,16H2,(H2,25,26,28). The van der Waals surface area contributed by atoms with Gasteiger partial charge < -0.3 is 10.6 Å². The molecule has 1 aliphatic rings. The molecule has 2 aromatic carbocycles. The number of thiophene rings is 1. The van der Waals surface area contributed by atoms with E-state index in [-0.39, 0.29) is 12.1 Å². The molecule has 1 fully saturated rings.